The fourth-order valence-electron chi connectivity index (χ4n) is 3.34. The van der Waals surface area contributed by atoms with Crippen LogP contribution >= 0.6 is 11.6 Å². The first-order chi connectivity index (χ1) is 13.1. The summed E-state index contributed by atoms with van der Waals surface area (Å²) in [6.45, 7) is 3.10. The van der Waals surface area contributed by atoms with E-state index in [1.165, 1.54) is 5.56 Å². The van der Waals surface area contributed by atoms with Gasteiger partial charge in [-0.3, -0.25) is 4.79 Å². The highest BCUT2D eigenvalue weighted by molar-refractivity contribution is 6.31. The van der Waals surface area contributed by atoms with Crippen LogP contribution in [0.3, 0.4) is 0 Å². The molecule has 1 amide bonds. The Balaban J connectivity index is 1.44. The third-order valence-corrected chi connectivity index (χ3v) is 5.47. The van der Waals surface area contributed by atoms with Gasteiger partial charge < -0.3 is 9.74 Å². The van der Waals surface area contributed by atoms with Crippen molar-refractivity contribution in [3.05, 3.63) is 70.2 Å². The molecule has 2 aromatic carbocycles. The van der Waals surface area contributed by atoms with Crippen LogP contribution in [0.1, 0.15) is 36.0 Å². The minimum atomic E-state index is -0.119. The van der Waals surface area contributed by atoms with Crippen LogP contribution in [0.15, 0.2) is 53.7 Å². The smallest absolute Gasteiger partial charge is 0.226 e. The van der Waals surface area contributed by atoms with Crippen molar-refractivity contribution in [3.8, 4) is 0 Å². The number of amides is 1. The van der Waals surface area contributed by atoms with Gasteiger partial charge in [0.15, 0.2) is 6.10 Å². The average molecular weight is 383 g/mol. The fourth-order valence-corrected chi connectivity index (χ4v) is 3.54. The summed E-state index contributed by atoms with van der Waals surface area (Å²) < 4.78 is 0. The lowest BCUT2D eigenvalue weighted by atomic mass is 10.0. The molecule has 0 aromatic heterocycles. The minimum absolute atomic E-state index is 0.119. The number of hydrogen-bond donors (Lipinski definition) is 0. The molecule has 5 heteroatoms. The van der Waals surface area contributed by atoms with Gasteiger partial charge in [-0.05, 0) is 37.0 Å². The molecular weight excluding hydrogens is 360 g/mol. The second-order valence-electron chi connectivity index (χ2n) is 7.42. The van der Waals surface area contributed by atoms with Gasteiger partial charge in [-0.1, -0.05) is 64.8 Å². The van der Waals surface area contributed by atoms with Crippen molar-refractivity contribution < 1.29 is 9.63 Å². The Hall–Kier alpha value is -2.33. The Bertz CT molecular complexity index is 859. The van der Waals surface area contributed by atoms with Crippen LogP contribution in [0.25, 0.3) is 0 Å². The van der Waals surface area contributed by atoms with E-state index < -0.39 is 0 Å². The molecule has 0 saturated heterocycles. The topological polar surface area (TPSA) is 41.9 Å². The standard InChI is InChI=1S/C22H23ClN2O2/c1-15-6-8-16(9-7-15)21-12-19(27-24-21)14-25(22(26)17-10-11-17)13-18-4-2-3-5-20(18)23/h2-9,17,19H,10-14H2,1H3. The van der Waals surface area contributed by atoms with Gasteiger partial charge in [0.2, 0.25) is 5.91 Å². The summed E-state index contributed by atoms with van der Waals surface area (Å²) in [4.78, 5) is 20.3. The van der Waals surface area contributed by atoms with E-state index in [-0.39, 0.29) is 17.9 Å². The monoisotopic (exact) mass is 382 g/mol. The molecule has 1 saturated carbocycles. The summed E-state index contributed by atoms with van der Waals surface area (Å²) in [5.41, 5.74) is 4.20. The molecule has 1 atom stereocenters. The second kappa shape index (κ2) is 7.73. The van der Waals surface area contributed by atoms with Crippen molar-refractivity contribution in [3.63, 3.8) is 0 Å². The molecule has 4 rings (SSSR count). The number of carbonyl (C=O) groups is 1. The van der Waals surface area contributed by atoms with Crippen LogP contribution < -0.4 is 0 Å². The van der Waals surface area contributed by atoms with Gasteiger partial charge in [-0.25, -0.2) is 0 Å². The molecule has 1 fully saturated rings. The van der Waals surface area contributed by atoms with Crippen LogP contribution in [0, 0.1) is 12.8 Å². The van der Waals surface area contributed by atoms with Crippen LogP contribution in [-0.4, -0.2) is 29.2 Å². The summed E-state index contributed by atoms with van der Waals surface area (Å²) in [6, 6.07) is 16.0. The number of hydrogen-bond acceptors (Lipinski definition) is 3. The first-order valence-corrected chi connectivity index (χ1v) is 9.80. The Morgan fingerprint density at radius 1 is 1.19 bits per heavy atom. The largest absolute Gasteiger partial charge is 0.390 e. The van der Waals surface area contributed by atoms with Gasteiger partial charge in [0, 0.05) is 23.9 Å². The average Bonchev–Trinajstić information content (AvgIpc) is 3.42. The molecule has 4 nitrogen and oxygen atoms in total. The third kappa shape index (κ3) is 4.33. The quantitative estimate of drug-likeness (QED) is 0.733. The van der Waals surface area contributed by atoms with Crippen molar-refractivity contribution in [2.24, 2.45) is 11.1 Å². The molecule has 0 radical (unpaired) electrons. The maximum absolute atomic E-state index is 12.8. The van der Waals surface area contributed by atoms with Crippen molar-refractivity contribution in [2.45, 2.75) is 38.8 Å². The first-order valence-electron chi connectivity index (χ1n) is 9.42. The molecule has 1 heterocycles. The Kier molecular flexibility index (Phi) is 5.17. The predicted molar refractivity (Wildman–Crippen MR) is 107 cm³/mol. The van der Waals surface area contributed by atoms with Crippen molar-refractivity contribution in [1.82, 2.24) is 4.90 Å². The number of oxime groups is 1. The highest BCUT2D eigenvalue weighted by Crippen LogP contribution is 2.32. The number of halogens is 1. The van der Waals surface area contributed by atoms with Crippen LogP contribution in [-0.2, 0) is 16.2 Å². The van der Waals surface area contributed by atoms with Crippen LogP contribution in [0.2, 0.25) is 5.02 Å². The molecule has 0 bridgehead atoms. The maximum atomic E-state index is 12.8. The van der Waals surface area contributed by atoms with E-state index in [1.807, 2.05) is 29.2 Å². The number of nitrogens with zero attached hydrogens (tertiary/aromatic N) is 2. The summed E-state index contributed by atoms with van der Waals surface area (Å²) >= 11 is 6.31. The minimum Gasteiger partial charge on any atom is -0.390 e. The Labute approximate surface area is 164 Å². The zero-order chi connectivity index (χ0) is 18.8. The van der Waals surface area contributed by atoms with E-state index in [9.17, 15) is 4.79 Å². The Morgan fingerprint density at radius 3 is 2.63 bits per heavy atom. The second-order valence-corrected chi connectivity index (χ2v) is 7.83. The van der Waals surface area contributed by atoms with Gasteiger partial charge in [-0.2, -0.15) is 0 Å². The van der Waals surface area contributed by atoms with Gasteiger partial charge in [0.1, 0.15) is 0 Å². The molecule has 1 aliphatic heterocycles. The molecule has 1 unspecified atom stereocenters. The van der Waals surface area contributed by atoms with E-state index in [1.54, 1.807) is 0 Å². The van der Waals surface area contributed by atoms with Crippen LogP contribution in [0.4, 0.5) is 0 Å². The number of aryl methyl sites for hydroxylation is 1. The summed E-state index contributed by atoms with van der Waals surface area (Å²) in [7, 11) is 0. The molecule has 27 heavy (non-hydrogen) atoms. The molecule has 2 aliphatic rings. The van der Waals surface area contributed by atoms with Gasteiger partial charge >= 0.3 is 0 Å². The molecule has 140 valence electrons. The van der Waals surface area contributed by atoms with Crippen LogP contribution in [0.5, 0.6) is 0 Å². The molecular formula is C22H23ClN2O2. The van der Waals surface area contributed by atoms with E-state index in [0.717, 1.165) is 29.7 Å². The zero-order valence-electron chi connectivity index (χ0n) is 15.4. The zero-order valence-corrected chi connectivity index (χ0v) is 16.2. The predicted octanol–water partition coefficient (Wildman–Crippen LogP) is 4.58. The lowest BCUT2D eigenvalue weighted by Gasteiger charge is -2.25. The number of benzene rings is 2. The summed E-state index contributed by atoms with van der Waals surface area (Å²) in [5.74, 6) is 0.355. The first kappa shape index (κ1) is 18.1. The lowest BCUT2D eigenvalue weighted by molar-refractivity contribution is -0.135. The number of rotatable bonds is 6. The normalized spacial score (nSPS) is 18.7. The Morgan fingerprint density at radius 2 is 1.93 bits per heavy atom. The maximum Gasteiger partial charge on any atom is 0.226 e. The van der Waals surface area contributed by atoms with E-state index in [4.69, 9.17) is 16.4 Å². The molecule has 0 N–H and O–H groups in total. The van der Waals surface area contributed by atoms with Crippen molar-refractivity contribution >= 4 is 23.2 Å². The van der Waals surface area contributed by atoms with E-state index in [2.05, 4.69) is 36.3 Å². The summed E-state index contributed by atoms with van der Waals surface area (Å²) in [5, 5.41) is 4.96. The van der Waals surface area contributed by atoms with Gasteiger partial charge in [0.25, 0.3) is 0 Å². The fraction of sp³-hybridized carbons (Fsp3) is 0.364. The van der Waals surface area contributed by atoms with Gasteiger partial charge in [0.05, 0.1) is 12.3 Å². The molecule has 0 spiro atoms. The molecule has 1 aliphatic carbocycles. The van der Waals surface area contributed by atoms with Gasteiger partial charge in [-0.15, -0.1) is 0 Å². The highest BCUT2D eigenvalue weighted by atomic mass is 35.5. The van der Waals surface area contributed by atoms with Crippen molar-refractivity contribution in [2.75, 3.05) is 6.54 Å². The highest BCUT2D eigenvalue weighted by Gasteiger charge is 2.35. The van der Waals surface area contributed by atoms with Crippen molar-refractivity contribution in [1.29, 1.82) is 0 Å². The van der Waals surface area contributed by atoms with E-state index in [0.29, 0.717) is 24.5 Å². The summed E-state index contributed by atoms with van der Waals surface area (Å²) in [6.07, 6.45) is 2.55. The number of carbonyl (C=O) groups excluding carboxylic acids is 1. The lowest BCUT2D eigenvalue weighted by Crippen LogP contribution is -2.38. The third-order valence-electron chi connectivity index (χ3n) is 5.10. The van der Waals surface area contributed by atoms with E-state index >= 15 is 0 Å². The molecule has 2 aromatic rings. The SMILES string of the molecule is Cc1ccc(C2=NOC(CN(Cc3ccccc3Cl)C(=O)C3CC3)C2)cc1.